The average Bonchev–Trinajstić information content (AvgIpc) is 2.46. The molecule has 2 bridgehead atoms. The van der Waals surface area contributed by atoms with E-state index in [4.69, 9.17) is 14.6 Å². The molecule has 4 heteroatoms. The van der Waals surface area contributed by atoms with E-state index >= 15 is 0 Å². The van der Waals surface area contributed by atoms with E-state index in [1.54, 1.807) is 0 Å². The molecule has 2 saturated heterocycles. The van der Waals surface area contributed by atoms with Crippen LogP contribution in [0.25, 0.3) is 0 Å². The lowest BCUT2D eigenvalue weighted by atomic mass is 10.0. The van der Waals surface area contributed by atoms with Gasteiger partial charge in [0.15, 0.2) is 0 Å². The second kappa shape index (κ2) is 1.92. The average molecular weight is 145 g/mol. The molecule has 0 aromatic carbocycles. The summed E-state index contributed by atoms with van der Waals surface area (Å²) in [5.74, 6) is 0. The van der Waals surface area contributed by atoms with Crippen molar-refractivity contribution in [2.24, 2.45) is 0 Å². The topological polar surface area (TPSA) is 58.9 Å². The van der Waals surface area contributed by atoms with Gasteiger partial charge in [-0.2, -0.15) is 0 Å². The molecule has 4 nitrogen and oxygen atoms in total. The third-order valence-corrected chi connectivity index (χ3v) is 2.07. The molecule has 2 N–H and O–H groups in total. The standard InChI is InChI=1S/C6H9O4/c7-2-6-3-9-4(1-10-6)5(6)8/h1,4-5,7-8H,2-3H2/t4-,5-,6-/m0/s1. The molecule has 1 radical (unpaired) electrons. The molecular formula is C6H9O4. The smallest absolute Gasteiger partial charge is 0.143 e. The van der Waals surface area contributed by atoms with Gasteiger partial charge in [-0.15, -0.1) is 0 Å². The minimum atomic E-state index is -0.856. The predicted octanol–water partition coefficient (Wildman–Crippen LogP) is -1.33. The number of ether oxygens (including phenoxy) is 2. The molecule has 0 spiro atoms. The first-order valence-corrected chi connectivity index (χ1v) is 3.20. The van der Waals surface area contributed by atoms with Crippen LogP contribution in [0.15, 0.2) is 0 Å². The number of rotatable bonds is 1. The maximum Gasteiger partial charge on any atom is 0.143 e. The summed E-state index contributed by atoms with van der Waals surface area (Å²) in [5, 5.41) is 18.2. The fourth-order valence-electron chi connectivity index (χ4n) is 1.31. The van der Waals surface area contributed by atoms with Crippen LogP contribution in [-0.4, -0.2) is 41.2 Å². The van der Waals surface area contributed by atoms with E-state index in [0.29, 0.717) is 0 Å². The van der Waals surface area contributed by atoms with Crippen molar-refractivity contribution in [2.75, 3.05) is 13.2 Å². The lowest BCUT2D eigenvalue weighted by Gasteiger charge is -2.23. The van der Waals surface area contributed by atoms with Crippen molar-refractivity contribution in [3.05, 3.63) is 6.61 Å². The van der Waals surface area contributed by atoms with Crippen LogP contribution in [0.5, 0.6) is 0 Å². The van der Waals surface area contributed by atoms with Gasteiger partial charge in [0, 0.05) is 0 Å². The summed E-state index contributed by atoms with van der Waals surface area (Å²) in [6.45, 7) is 1.53. The third kappa shape index (κ3) is 0.594. The van der Waals surface area contributed by atoms with E-state index in [0.717, 1.165) is 0 Å². The summed E-state index contributed by atoms with van der Waals surface area (Å²) < 4.78 is 10.1. The van der Waals surface area contributed by atoms with Crippen LogP contribution < -0.4 is 0 Å². The van der Waals surface area contributed by atoms with Crippen molar-refractivity contribution >= 4 is 0 Å². The van der Waals surface area contributed by atoms with Crippen molar-refractivity contribution < 1.29 is 19.7 Å². The lowest BCUT2D eigenvalue weighted by Crippen LogP contribution is -2.43. The zero-order valence-electron chi connectivity index (χ0n) is 5.36. The number of aliphatic hydroxyl groups excluding tert-OH is 2. The maximum absolute atomic E-state index is 9.34. The zero-order chi connectivity index (χ0) is 7.19. The van der Waals surface area contributed by atoms with Crippen LogP contribution in [0, 0.1) is 6.61 Å². The normalized spacial score (nSPS) is 52.2. The molecule has 2 heterocycles. The Bertz CT molecular complexity index is 139. The molecule has 0 aromatic rings. The van der Waals surface area contributed by atoms with Gasteiger partial charge in [-0.25, -0.2) is 0 Å². The number of aliphatic hydroxyl groups is 2. The van der Waals surface area contributed by atoms with Gasteiger partial charge < -0.3 is 19.7 Å². The molecule has 0 amide bonds. The monoisotopic (exact) mass is 145 g/mol. The summed E-state index contributed by atoms with van der Waals surface area (Å²) in [4.78, 5) is 0. The van der Waals surface area contributed by atoms with Crippen LogP contribution in [0.2, 0.25) is 0 Å². The molecule has 0 aliphatic carbocycles. The summed E-state index contributed by atoms with van der Waals surface area (Å²) >= 11 is 0. The molecule has 0 aromatic heterocycles. The summed E-state index contributed by atoms with van der Waals surface area (Å²) in [7, 11) is 0. The van der Waals surface area contributed by atoms with Crippen LogP contribution in [-0.2, 0) is 9.47 Å². The highest BCUT2D eigenvalue weighted by Gasteiger charge is 2.56. The molecular weight excluding hydrogens is 136 g/mol. The quantitative estimate of drug-likeness (QED) is 0.480. The first-order chi connectivity index (χ1) is 4.78. The van der Waals surface area contributed by atoms with Gasteiger partial charge in [0.25, 0.3) is 0 Å². The van der Waals surface area contributed by atoms with Crippen molar-refractivity contribution in [3.63, 3.8) is 0 Å². The Kier molecular flexibility index (Phi) is 1.25. The van der Waals surface area contributed by atoms with Gasteiger partial charge in [-0.05, 0) is 0 Å². The Labute approximate surface area is 58.4 Å². The minimum Gasteiger partial charge on any atom is -0.393 e. The largest absolute Gasteiger partial charge is 0.393 e. The Morgan fingerprint density at radius 3 is 2.70 bits per heavy atom. The molecule has 2 rings (SSSR count). The fourth-order valence-corrected chi connectivity index (χ4v) is 1.31. The second-order valence-corrected chi connectivity index (χ2v) is 2.70. The highest BCUT2D eigenvalue weighted by Crippen LogP contribution is 2.37. The Morgan fingerprint density at radius 2 is 2.50 bits per heavy atom. The lowest BCUT2D eigenvalue weighted by molar-refractivity contribution is -0.0959. The van der Waals surface area contributed by atoms with Crippen molar-refractivity contribution in [1.29, 1.82) is 0 Å². The fraction of sp³-hybridized carbons (Fsp3) is 0.833. The Hall–Kier alpha value is -0.160. The number of hydrogen-bond acceptors (Lipinski definition) is 4. The van der Waals surface area contributed by atoms with Gasteiger partial charge in [0.1, 0.15) is 24.4 Å². The van der Waals surface area contributed by atoms with E-state index in [9.17, 15) is 5.11 Å². The van der Waals surface area contributed by atoms with Gasteiger partial charge in [0.05, 0.1) is 13.2 Å². The van der Waals surface area contributed by atoms with Gasteiger partial charge in [0.2, 0.25) is 0 Å². The molecule has 10 heavy (non-hydrogen) atoms. The highest BCUT2D eigenvalue weighted by atomic mass is 16.6. The Morgan fingerprint density at radius 1 is 1.70 bits per heavy atom. The van der Waals surface area contributed by atoms with Gasteiger partial charge in [-0.1, -0.05) is 0 Å². The van der Waals surface area contributed by atoms with E-state index in [1.807, 2.05) is 0 Å². The van der Waals surface area contributed by atoms with E-state index < -0.39 is 11.7 Å². The molecule has 2 fully saturated rings. The van der Waals surface area contributed by atoms with E-state index in [-0.39, 0.29) is 19.3 Å². The van der Waals surface area contributed by atoms with E-state index in [2.05, 4.69) is 0 Å². The third-order valence-electron chi connectivity index (χ3n) is 2.07. The molecule has 2 aliphatic heterocycles. The van der Waals surface area contributed by atoms with Crippen LogP contribution in [0.3, 0.4) is 0 Å². The SMILES string of the molecule is OC[C@@]12CO[C@@H]([CH]O1)[C@@H]2O. The van der Waals surface area contributed by atoms with E-state index in [1.165, 1.54) is 6.61 Å². The molecule has 57 valence electrons. The zero-order valence-corrected chi connectivity index (χ0v) is 5.36. The predicted molar refractivity (Wildman–Crippen MR) is 30.9 cm³/mol. The first-order valence-electron chi connectivity index (χ1n) is 3.20. The van der Waals surface area contributed by atoms with Crippen LogP contribution in [0.1, 0.15) is 0 Å². The van der Waals surface area contributed by atoms with Gasteiger partial charge in [-0.3, -0.25) is 0 Å². The highest BCUT2D eigenvalue weighted by molar-refractivity contribution is 5.07. The van der Waals surface area contributed by atoms with Crippen LogP contribution in [0.4, 0.5) is 0 Å². The number of hydrogen-bond donors (Lipinski definition) is 2. The first kappa shape index (κ1) is 6.54. The molecule has 0 saturated carbocycles. The molecule has 3 atom stereocenters. The molecule has 0 unspecified atom stereocenters. The summed E-state index contributed by atoms with van der Waals surface area (Å²) in [6, 6.07) is 0. The van der Waals surface area contributed by atoms with Crippen LogP contribution >= 0.6 is 0 Å². The number of fused-ring (bicyclic) bond motifs is 2. The summed E-state index contributed by atoms with van der Waals surface area (Å²) in [6.07, 6.45) is -1.04. The maximum atomic E-state index is 9.34. The summed E-state index contributed by atoms with van der Waals surface area (Å²) in [5.41, 5.74) is -0.856. The minimum absolute atomic E-state index is 0.193. The van der Waals surface area contributed by atoms with Gasteiger partial charge >= 0.3 is 0 Å². The Balaban J connectivity index is 2.22. The van der Waals surface area contributed by atoms with Crippen molar-refractivity contribution in [1.82, 2.24) is 0 Å². The van der Waals surface area contributed by atoms with Crippen molar-refractivity contribution in [2.45, 2.75) is 17.8 Å². The van der Waals surface area contributed by atoms with Crippen molar-refractivity contribution in [3.8, 4) is 0 Å². The molecule has 2 aliphatic rings. The second-order valence-electron chi connectivity index (χ2n) is 2.70.